The average molecular weight is 447 g/mol. The maximum atomic E-state index is 12.3. The first-order valence-electron chi connectivity index (χ1n) is 10.8. The van der Waals surface area contributed by atoms with Crippen LogP contribution in [0, 0.1) is 0 Å². The van der Waals surface area contributed by atoms with Gasteiger partial charge in [0, 0.05) is 57.5 Å². The summed E-state index contributed by atoms with van der Waals surface area (Å²) in [6, 6.07) is 7.84. The number of rotatable bonds is 4. The summed E-state index contributed by atoms with van der Waals surface area (Å²) in [5, 5.41) is 11.5. The van der Waals surface area contributed by atoms with Crippen LogP contribution in [-0.4, -0.2) is 56.0 Å². The Bertz CT molecular complexity index is 998. The van der Waals surface area contributed by atoms with Gasteiger partial charge < -0.3 is 24.1 Å². The number of carbonyl (C=O) groups excluding carboxylic acids is 1. The molecule has 31 heavy (non-hydrogen) atoms. The molecule has 0 spiro atoms. The van der Waals surface area contributed by atoms with Crippen LogP contribution >= 0.6 is 0 Å². The fourth-order valence-corrected chi connectivity index (χ4v) is 5.19. The smallest absolute Gasteiger partial charge is 0.410 e. The van der Waals surface area contributed by atoms with Crippen molar-refractivity contribution >= 4 is 30.8 Å². The van der Waals surface area contributed by atoms with Crippen molar-refractivity contribution in [1.82, 2.24) is 4.90 Å². The summed E-state index contributed by atoms with van der Waals surface area (Å²) in [7, 11) is -1.51. The minimum absolute atomic E-state index is 0.294. The number of hydrogen-bond donors (Lipinski definition) is 1. The molecule has 1 unspecified atom stereocenters. The Hall–Kier alpha value is -2.32. The Kier molecular flexibility index (Phi) is 6.52. The van der Waals surface area contributed by atoms with Gasteiger partial charge in [-0.3, -0.25) is 0 Å². The van der Waals surface area contributed by atoms with Gasteiger partial charge in [0.25, 0.3) is 0 Å². The molecule has 0 bridgehead atoms. The van der Waals surface area contributed by atoms with Crippen LogP contribution in [0.5, 0.6) is 0 Å². The lowest BCUT2D eigenvalue weighted by atomic mass is 10.1. The van der Waals surface area contributed by atoms with Gasteiger partial charge in [-0.1, -0.05) is 19.6 Å². The van der Waals surface area contributed by atoms with E-state index in [1.165, 1.54) is 6.07 Å². The van der Waals surface area contributed by atoms with E-state index in [1.54, 1.807) is 4.90 Å². The van der Waals surface area contributed by atoms with Gasteiger partial charge >= 0.3 is 11.7 Å². The fraction of sp³-hybridized carbons (Fsp3) is 0.565. The molecule has 1 aromatic heterocycles. The van der Waals surface area contributed by atoms with Crippen LogP contribution in [0.3, 0.4) is 0 Å². The van der Waals surface area contributed by atoms with Crippen molar-refractivity contribution in [3.05, 3.63) is 40.2 Å². The van der Waals surface area contributed by atoms with E-state index in [2.05, 4.69) is 24.5 Å². The Morgan fingerprint density at radius 3 is 2.39 bits per heavy atom. The third-order valence-electron chi connectivity index (χ3n) is 5.22. The van der Waals surface area contributed by atoms with E-state index in [9.17, 15) is 14.7 Å². The molecule has 0 saturated carbocycles. The summed E-state index contributed by atoms with van der Waals surface area (Å²) >= 11 is 0. The molecule has 1 aliphatic heterocycles. The second kappa shape index (κ2) is 8.67. The van der Waals surface area contributed by atoms with E-state index in [4.69, 9.17) is 9.15 Å². The normalized spacial score (nSPS) is 16.5. The Labute approximate surface area is 184 Å². The predicted molar refractivity (Wildman–Crippen MR) is 126 cm³/mol. The van der Waals surface area contributed by atoms with Crippen molar-refractivity contribution in [1.29, 1.82) is 0 Å². The minimum Gasteiger partial charge on any atom is -0.444 e. The first-order chi connectivity index (χ1) is 14.3. The molecule has 3 rings (SSSR count). The quantitative estimate of drug-likeness (QED) is 0.559. The van der Waals surface area contributed by atoms with Crippen LogP contribution < -0.4 is 10.5 Å². The number of amides is 1. The number of aliphatic hydroxyl groups excluding tert-OH is 1. The Morgan fingerprint density at radius 2 is 1.81 bits per heavy atom. The highest BCUT2D eigenvalue weighted by Gasteiger charge is 2.27. The minimum atomic E-state index is -1.51. The van der Waals surface area contributed by atoms with Gasteiger partial charge in [0.15, 0.2) is 0 Å². The molecule has 1 amide bonds. The summed E-state index contributed by atoms with van der Waals surface area (Å²) < 4.78 is 10.9. The van der Waals surface area contributed by atoms with Gasteiger partial charge in [0.2, 0.25) is 0 Å². The molecule has 2 aromatic rings. The molecule has 1 aliphatic rings. The van der Waals surface area contributed by atoms with Crippen LogP contribution in [0.4, 0.5) is 10.5 Å². The summed E-state index contributed by atoms with van der Waals surface area (Å²) in [5.74, 6) is 0. The molecular weight excluding hydrogens is 412 g/mol. The van der Waals surface area contributed by atoms with E-state index < -0.39 is 25.4 Å². The number of benzene rings is 1. The topological polar surface area (TPSA) is 83.2 Å². The van der Waals surface area contributed by atoms with Gasteiger partial charge in [-0.25, -0.2) is 9.59 Å². The number of hydrogen-bond acceptors (Lipinski definition) is 6. The molecule has 1 aromatic carbocycles. The third kappa shape index (κ3) is 6.10. The molecule has 0 aliphatic carbocycles. The molecule has 170 valence electrons. The predicted octanol–water partition coefficient (Wildman–Crippen LogP) is 4.22. The zero-order valence-corrected chi connectivity index (χ0v) is 20.4. The Balaban J connectivity index is 1.78. The van der Waals surface area contributed by atoms with E-state index in [0.29, 0.717) is 43.4 Å². The third-order valence-corrected chi connectivity index (χ3v) is 6.83. The van der Waals surface area contributed by atoms with E-state index in [1.807, 2.05) is 39.0 Å². The SMILES string of the molecule is CC(C)(C)OC(=O)N1CCN(c2ccc3c(C(O)C[Si](C)(C)C)cc(=O)oc3c2)CC1. The van der Waals surface area contributed by atoms with Crippen molar-refractivity contribution in [2.24, 2.45) is 0 Å². The number of carbonyl (C=O) groups is 1. The molecule has 1 saturated heterocycles. The van der Waals surface area contributed by atoms with Crippen molar-refractivity contribution in [2.75, 3.05) is 31.1 Å². The summed E-state index contributed by atoms with van der Waals surface area (Å²) in [6.45, 7) is 14.6. The largest absolute Gasteiger partial charge is 0.444 e. The summed E-state index contributed by atoms with van der Waals surface area (Å²) in [4.78, 5) is 28.3. The molecule has 8 heteroatoms. The standard InChI is InChI=1S/C23H34N2O5Si/c1-23(2,3)30-22(28)25-11-9-24(10-12-25)16-7-8-17-18(19(26)15-31(4,5)6)14-21(27)29-20(17)13-16/h7-8,13-14,19,26H,9-12,15H2,1-6H3. The highest BCUT2D eigenvalue weighted by Crippen LogP contribution is 2.31. The highest BCUT2D eigenvalue weighted by atomic mass is 28.3. The van der Waals surface area contributed by atoms with Gasteiger partial charge in [-0.2, -0.15) is 0 Å². The molecule has 0 radical (unpaired) electrons. The first kappa shape index (κ1) is 23.3. The number of piperazine rings is 1. The monoisotopic (exact) mass is 446 g/mol. The average Bonchev–Trinajstić information content (AvgIpc) is 2.64. The molecule has 1 N–H and O–H groups in total. The molecule has 1 fully saturated rings. The van der Waals surface area contributed by atoms with Crippen molar-refractivity contribution in [2.45, 2.75) is 58.2 Å². The molecular formula is C23H34N2O5Si. The van der Waals surface area contributed by atoms with Gasteiger partial charge in [-0.15, -0.1) is 0 Å². The fourth-order valence-electron chi connectivity index (χ4n) is 3.81. The molecule has 2 heterocycles. The van der Waals surface area contributed by atoms with Crippen molar-refractivity contribution in [3.8, 4) is 0 Å². The van der Waals surface area contributed by atoms with Gasteiger partial charge in [-0.05, 0) is 44.5 Å². The van der Waals surface area contributed by atoms with Gasteiger partial charge in [0.05, 0.1) is 6.10 Å². The number of nitrogens with zero attached hydrogens (tertiary/aromatic N) is 2. The van der Waals surface area contributed by atoms with Gasteiger partial charge in [0.1, 0.15) is 11.2 Å². The molecule has 1 atom stereocenters. The number of aliphatic hydroxyl groups is 1. The van der Waals surface area contributed by atoms with E-state index >= 15 is 0 Å². The zero-order chi connectivity index (χ0) is 23.0. The second-order valence-corrected chi connectivity index (χ2v) is 16.0. The van der Waals surface area contributed by atoms with Crippen LogP contribution in [0.1, 0.15) is 32.4 Å². The van der Waals surface area contributed by atoms with Crippen LogP contribution in [0.25, 0.3) is 11.0 Å². The van der Waals surface area contributed by atoms with Crippen molar-refractivity contribution in [3.63, 3.8) is 0 Å². The zero-order valence-electron chi connectivity index (χ0n) is 19.4. The van der Waals surface area contributed by atoms with E-state index in [0.717, 1.165) is 11.1 Å². The number of ether oxygens (including phenoxy) is 1. The van der Waals surface area contributed by atoms with Crippen molar-refractivity contribution < 1.29 is 19.1 Å². The summed E-state index contributed by atoms with van der Waals surface area (Å²) in [6.07, 6.45) is -0.973. The molecule has 7 nitrogen and oxygen atoms in total. The second-order valence-electron chi connectivity index (χ2n) is 10.4. The Morgan fingerprint density at radius 1 is 1.16 bits per heavy atom. The summed E-state index contributed by atoms with van der Waals surface area (Å²) in [5.41, 5.74) is 1.07. The maximum Gasteiger partial charge on any atom is 0.410 e. The van der Waals surface area contributed by atoms with Crippen LogP contribution in [0.15, 0.2) is 33.5 Å². The lowest BCUT2D eigenvalue weighted by molar-refractivity contribution is 0.0240. The van der Waals surface area contributed by atoms with E-state index in [-0.39, 0.29) is 6.09 Å². The lowest BCUT2D eigenvalue weighted by Gasteiger charge is -2.36. The van der Waals surface area contributed by atoms with Crippen LogP contribution in [0.2, 0.25) is 25.7 Å². The lowest BCUT2D eigenvalue weighted by Crippen LogP contribution is -2.50. The number of fused-ring (bicyclic) bond motifs is 1. The van der Waals surface area contributed by atoms with Crippen LogP contribution in [-0.2, 0) is 4.74 Å². The number of anilines is 1. The first-order valence-corrected chi connectivity index (χ1v) is 14.5. The maximum absolute atomic E-state index is 12.3. The highest BCUT2D eigenvalue weighted by molar-refractivity contribution is 6.76.